The molecule has 0 aromatic heterocycles. The van der Waals surface area contributed by atoms with E-state index < -0.39 is 49.5 Å². The third-order valence-corrected chi connectivity index (χ3v) is 15.0. The van der Waals surface area contributed by atoms with Crippen LogP contribution in [0.15, 0.2) is 24.3 Å². The summed E-state index contributed by atoms with van der Waals surface area (Å²) in [5, 5.41) is 54.6. The van der Waals surface area contributed by atoms with E-state index in [1.807, 2.05) is 6.08 Å². The summed E-state index contributed by atoms with van der Waals surface area (Å²) in [6.07, 6.45) is 59.8. The maximum atomic E-state index is 13.1. The molecule has 0 aromatic carbocycles. The zero-order valence-electron chi connectivity index (χ0n) is 46.8. The Bertz CT molecular complexity index is 1170. The quantitative estimate of drug-likeness (QED) is 0.0261. The van der Waals surface area contributed by atoms with Crippen molar-refractivity contribution >= 4 is 5.91 Å². The van der Waals surface area contributed by atoms with Crippen molar-refractivity contribution in [3.05, 3.63) is 24.3 Å². The predicted molar refractivity (Wildman–Crippen MR) is 300 cm³/mol. The zero-order chi connectivity index (χ0) is 51.5. The molecule has 7 unspecified atom stereocenters. The molecule has 1 saturated heterocycles. The number of allylic oxidation sites excluding steroid dienone is 3. The average Bonchev–Trinajstić information content (AvgIpc) is 3.37. The number of unbranched alkanes of at least 4 members (excludes halogenated alkanes) is 42. The maximum absolute atomic E-state index is 13.1. The van der Waals surface area contributed by atoms with Gasteiger partial charge in [0.15, 0.2) is 6.29 Å². The lowest BCUT2D eigenvalue weighted by atomic mass is 9.99. The number of amides is 1. The predicted octanol–water partition coefficient (Wildman–Crippen LogP) is 15.7. The largest absolute Gasteiger partial charge is 0.394 e. The van der Waals surface area contributed by atoms with Gasteiger partial charge in [0.2, 0.25) is 5.91 Å². The molecule has 1 rings (SSSR count). The number of carbonyl (C=O) groups is 1. The lowest BCUT2D eigenvalue weighted by Gasteiger charge is -2.40. The Labute approximate surface area is 439 Å². The zero-order valence-corrected chi connectivity index (χ0v) is 46.8. The van der Waals surface area contributed by atoms with Gasteiger partial charge in [-0.05, 0) is 32.1 Å². The van der Waals surface area contributed by atoms with Crippen LogP contribution in [0, 0.1) is 0 Å². The fourth-order valence-corrected chi connectivity index (χ4v) is 10.1. The van der Waals surface area contributed by atoms with Crippen LogP contribution in [0.25, 0.3) is 0 Å². The highest BCUT2D eigenvalue weighted by Crippen LogP contribution is 2.23. The third-order valence-electron chi connectivity index (χ3n) is 15.0. The van der Waals surface area contributed by atoms with Gasteiger partial charge in [0.1, 0.15) is 24.4 Å². The minimum absolute atomic E-state index is 0.180. The van der Waals surface area contributed by atoms with Crippen molar-refractivity contribution in [1.29, 1.82) is 0 Å². The highest BCUT2D eigenvalue weighted by atomic mass is 16.7. The van der Waals surface area contributed by atoms with Crippen LogP contribution < -0.4 is 5.32 Å². The van der Waals surface area contributed by atoms with E-state index in [0.29, 0.717) is 6.42 Å². The normalized spacial score (nSPS) is 19.3. The van der Waals surface area contributed by atoms with Crippen molar-refractivity contribution in [2.75, 3.05) is 13.2 Å². The fourth-order valence-electron chi connectivity index (χ4n) is 10.1. The Hall–Kier alpha value is -1.33. The van der Waals surface area contributed by atoms with Crippen molar-refractivity contribution in [2.24, 2.45) is 0 Å². The van der Waals surface area contributed by atoms with Crippen molar-refractivity contribution in [2.45, 2.75) is 352 Å². The molecule has 1 aliphatic rings. The Morgan fingerprint density at radius 2 is 0.803 bits per heavy atom. The minimum atomic E-state index is -1.57. The van der Waals surface area contributed by atoms with E-state index in [2.05, 4.69) is 31.3 Å². The van der Waals surface area contributed by atoms with E-state index in [9.17, 15) is 30.3 Å². The van der Waals surface area contributed by atoms with Gasteiger partial charge < -0.3 is 40.3 Å². The number of ether oxygens (including phenoxy) is 2. The van der Waals surface area contributed by atoms with Crippen LogP contribution in [0.1, 0.15) is 309 Å². The number of hydrogen-bond acceptors (Lipinski definition) is 8. The van der Waals surface area contributed by atoms with Gasteiger partial charge in [-0.2, -0.15) is 0 Å². The summed E-state index contributed by atoms with van der Waals surface area (Å²) in [7, 11) is 0. The molecule has 0 bridgehead atoms. The van der Waals surface area contributed by atoms with E-state index in [1.54, 1.807) is 6.08 Å². The summed E-state index contributed by atoms with van der Waals surface area (Å²) in [5.41, 5.74) is 0. The molecule has 0 radical (unpaired) electrons. The summed E-state index contributed by atoms with van der Waals surface area (Å²) in [4.78, 5) is 13.1. The topological polar surface area (TPSA) is 149 Å². The molecule has 0 spiro atoms. The molecule has 0 saturated carbocycles. The Morgan fingerprint density at radius 1 is 0.465 bits per heavy atom. The molecular weight excluding hydrogens is 887 g/mol. The number of aliphatic hydroxyl groups excluding tert-OH is 5. The van der Waals surface area contributed by atoms with E-state index >= 15 is 0 Å². The molecule has 71 heavy (non-hydrogen) atoms. The van der Waals surface area contributed by atoms with Gasteiger partial charge in [0, 0.05) is 6.42 Å². The second kappa shape index (κ2) is 52.1. The molecule has 9 heteroatoms. The SMILES string of the molecule is CCCCCCCCCCCCCCCCCCCCCCCCC/C=C/CC/C=C/C(O)C(COC1OC(CO)C(O)C(O)C1O)NC(=O)CCCCCCCCCCCCCCCCCCCCC. The summed E-state index contributed by atoms with van der Waals surface area (Å²) < 4.78 is 11.3. The van der Waals surface area contributed by atoms with Crippen LogP contribution in [0.4, 0.5) is 0 Å². The Balaban J connectivity index is 2.19. The second-order valence-electron chi connectivity index (χ2n) is 21.9. The lowest BCUT2D eigenvalue weighted by Crippen LogP contribution is -2.60. The fraction of sp³-hybridized carbons (Fsp3) is 0.919. The van der Waals surface area contributed by atoms with Crippen LogP contribution in [0.2, 0.25) is 0 Å². The van der Waals surface area contributed by atoms with E-state index in [-0.39, 0.29) is 12.5 Å². The van der Waals surface area contributed by atoms with Crippen molar-refractivity contribution in [3.63, 3.8) is 0 Å². The van der Waals surface area contributed by atoms with E-state index in [4.69, 9.17) is 9.47 Å². The molecule has 0 aromatic rings. The van der Waals surface area contributed by atoms with Crippen molar-refractivity contribution in [1.82, 2.24) is 5.32 Å². The Kier molecular flexibility index (Phi) is 49.7. The molecule has 1 heterocycles. The number of hydrogen-bond donors (Lipinski definition) is 6. The maximum Gasteiger partial charge on any atom is 0.220 e. The smallest absolute Gasteiger partial charge is 0.220 e. The molecule has 6 N–H and O–H groups in total. The average molecular weight is 1010 g/mol. The monoisotopic (exact) mass is 1010 g/mol. The van der Waals surface area contributed by atoms with Crippen LogP contribution >= 0.6 is 0 Å². The standard InChI is InChI=1S/C62H119NO8/c1-3-5-7-9-11-13-15-17-19-21-23-24-25-26-27-28-29-30-31-32-34-35-37-39-41-43-45-47-49-51-56(65)55(54-70-62-61(69)60(68)59(67)57(53-64)71-62)63-58(66)52-50-48-46-44-42-40-38-36-33-22-20-18-16-14-12-10-8-6-4-2/h41,43,49,51,55-57,59-62,64-65,67-69H,3-40,42,44-48,50,52-54H2,1-2H3,(H,63,66)/b43-41+,51-49+. The van der Waals surface area contributed by atoms with Gasteiger partial charge >= 0.3 is 0 Å². The van der Waals surface area contributed by atoms with Gasteiger partial charge in [-0.1, -0.05) is 295 Å². The number of nitrogens with one attached hydrogen (secondary N) is 1. The van der Waals surface area contributed by atoms with Gasteiger partial charge in [-0.3, -0.25) is 4.79 Å². The van der Waals surface area contributed by atoms with Crippen molar-refractivity contribution in [3.8, 4) is 0 Å². The molecule has 1 amide bonds. The van der Waals surface area contributed by atoms with Gasteiger partial charge in [-0.15, -0.1) is 0 Å². The molecular formula is C62H119NO8. The first-order chi connectivity index (χ1) is 34.8. The molecule has 0 aliphatic carbocycles. The Morgan fingerprint density at radius 3 is 1.18 bits per heavy atom. The number of rotatable bonds is 54. The molecule has 420 valence electrons. The van der Waals surface area contributed by atoms with Crippen LogP contribution in [-0.2, 0) is 14.3 Å². The molecule has 9 nitrogen and oxygen atoms in total. The molecule has 1 fully saturated rings. The van der Waals surface area contributed by atoms with Gasteiger partial charge in [0.05, 0.1) is 25.4 Å². The minimum Gasteiger partial charge on any atom is -0.394 e. The van der Waals surface area contributed by atoms with Crippen molar-refractivity contribution < 1.29 is 39.8 Å². The highest BCUT2D eigenvalue weighted by Gasteiger charge is 2.44. The molecule has 1 aliphatic heterocycles. The van der Waals surface area contributed by atoms with Gasteiger partial charge in [-0.25, -0.2) is 0 Å². The first-order valence-electron chi connectivity index (χ1n) is 31.1. The summed E-state index contributed by atoms with van der Waals surface area (Å²) >= 11 is 0. The van der Waals surface area contributed by atoms with Crippen LogP contribution in [0.3, 0.4) is 0 Å². The third kappa shape index (κ3) is 41.6. The second-order valence-corrected chi connectivity index (χ2v) is 21.9. The first-order valence-corrected chi connectivity index (χ1v) is 31.1. The van der Waals surface area contributed by atoms with E-state index in [0.717, 1.165) is 38.5 Å². The van der Waals surface area contributed by atoms with E-state index in [1.165, 1.54) is 250 Å². The highest BCUT2D eigenvalue weighted by molar-refractivity contribution is 5.76. The summed E-state index contributed by atoms with van der Waals surface area (Å²) in [6, 6.07) is -0.819. The summed E-state index contributed by atoms with van der Waals surface area (Å²) in [6.45, 7) is 3.81. The summed E-state index contributed by atoms with van der Waals surface area (Å²) in [5.74, 6) is -0.180. The first kappa shape index (κ1) is 67.7. The lowest BCUT2D eigenvalue weighted by molar-refractivity contribution is -0.302. The number of aliphatic hydroxyl groups is 5. The van der Waals surface area contributed by atoms with Gasteiger partial charge in [0.25, 0.3) is 0 Å². The van der Waals surface area contributed by atoms with Crippen LogP contribution in [0.5, 0.6) is 0 Å². The van der Waals surface area contributed by atoms with Crippen LogP contribution in [-0.4, -0.2) is 87.5 Å². The number of carbonyl (C=O) groups excluding carboxylic acids is 1. The molecule has 7 atom stereocenters.